The van der Waals surface area contributed by atoms with E-state index in [0.29, 0.717) is 22.6 Å². The quantitative estimate of drug-likeness (QED) is 0.401. The van der Waals surface area contributed by atoms with Crippen LogP contribution in [0.2, 0.25) is 0 Å². The summed E-state index contributed by atoms with van der Waals surface area (Å²) in [6, 6.07) is 15.0. The van der Waals surface area contributed by atoms with Gasteiger partial charge in [0.2, 0.25) is 0 Å². The van der Waals surface area contributed by atoms with Crippen molar-refractivity contribution in [3.63, 3.8) is 0 Å². The number of nitrogens with zero attached hydrogens (tertiary/aromatic N) is 4. The minimum Gasteiger partial charge on any atom is -0.321 e. The number of hydrogen-bond donors (Lipinski definition) is 1. The van der Waals surface area contributed by atoms with Crippen LogP contribution in [0, 0.1) is 15.0 Å². The number of anilines is 3. The van der Waals surface area contributed by atoms with Gasteiger partial charge in [0.25, 0.3) is 11.6 Å². The second-order valence-electron chi connectivity index (χ2n) is 5.41. The van der Waals surface area contributed by atoms with Crippen molar-refractivity contribution < 1.29 is 9.72 Å². The third-order valence-corrected chi connectivity index (χ3v) is 3.68. The van der Waals surface area contributed by atoms with Gasteiger partial charge in [-0.2, -0.15) is 5.01 Å². The Morgan fingerprint density at radius 2 is 1.67 bits per heavy atom. The molecule has 9 nitrogen and oxygen atoms in total. The van der Waals surface area contributed by atoms with Gasteiger partial charge in [-0.3, -0.25) is 19.9 Å². The van der Waals surface area contributed by atoms with E-state index in [9.17, 15) is 19.8 Å². The van der Waals surface area contributed by atoms with Gasteiger partial charge in [-0.1, -0.05) is 0 Å². The molecular weight excluding hydrogens is 350 g/mol. The zero-order chi connectivity index (χ0) is 19.2. The van der Waals surface area contributed by atoms with Crippen LogP contribution in [0.1, 0.15) is 10.4 Å². The molecule has 134 valence electrons. The van der Waals surface area contributed by atoms with Gasteiger partial charge < -0.3 is 5.32 Å². The Labute approximate surface area is 153 Å². The van der Waals surface area contributed by atoms with E-state index in [0.717, 1.165) is 5.01 Å². The Morgan fingerprint density at radius 1 is 1.04 bits per heavy atom. The lowest BCUT2D eigenvalue weighted by atomic mass is 10.1. The number of amides is 1. The first kappa shape index (κ1) is 17.7. The maximum absolute atomic E-state index is 12.2. The molecule has 0 atom stereocenters. The minimum atomic E-state index is -0.530. The normalized spacial score (nSPS) is 10.1. The molecule has 0 saturated heterocycles. The standard InChI is InChI=1S/C18H13N5O4/c24-18(20-14-2-1-11-19-12-14)13-3-5-15(6-4-13)22(21-25)16-7-9-17(10-8-16)23(26)27/h1-12H,(H,20,24). The van der Waals surface area contributed by atoms with Crippen molar-refractivity contribution >= 4 is 28.7 Å². The number of benzene rings is 2. The Kier molecular flexibility index (Phi) is 5.12. The number of carbonyl (C=O) groups is 1. The summed E-state index contributed by atoms with van der Waals surface area (Å²) < 4.78 is 0. The molecule has 0 aliphatic carbocycles. The molecule has 0 radical (unpaired) electrons. The van der Waals surface area contributed by atoms with Crippen molar-refractivity contribution in [2.75, 3.05) is 10.3 Å². The Hall–Kier alpha value is -4.14. The SMILES string of the molecule is O=NN(c1ccc(C(=O)Nc2cccnc2)cc1)c1ccc([N+](=O)[O-])cc1. The predicted molar refractivity (Wildman–Crippen MR) is 99.7 cm³/mol. The number of nitrogens with one attached hydrogen (secondary N) is 1. The van der Waals surface area contributed by atoms with Crippen LogP contribution in [0.4, 0.5) is 22.7 Å². The number of non-ortho nitro benzene ring substituents is 1. The van der Waals surface area contributed by atoms with Crippen LogP contribution in [0.3, 0.4) is 0 Å². The van der Waals surface area contributed by atoms with E-state index in [2.05, 4.69) is 15.6 Å². The summed E-state index contributed by atoms with van der Waals surface area (Å²) in [4.78, 5) is 37.6. The first-order valence-electron chi connectivity index (χ1n) is 7.78. The number of nitro benzene ring substituents is 1. The van der Waals surface area contributed by atoms with Crippen molar-refractivity contribution in [1.29, 1.82) is 0 Å². The van der Waals surface area contributed by atoms with Gasteiger partial charge >= 0.3 is 0 Å². The molecule has 3 aromatic rings. The first-order chi connectivity index (χ1) is 13.1. The molecule has 1 heterocycles. The number of nitro groups is 1. The second kappa shape index (κ2) is 7.83. The van der Waals surface area contributed by atoms with Gasteiger partial charge in [-0.05, 0) is 48.5 Å². The van der Waals surface area contributed by atoms with E-state index in [1.54, 1.807) is 42.6 Å². The molecular formula is C18H13N5O4. The number of carbonyl (C=O) groups excluding carboxylic acids is 1. The number of pyridine rings is 1. The van der Waals surface area contributed by atoms with Crippen LogP contribution in [-0.2, 0) is 0 Å². The van der Waals surface area contributed by atoms with Crippen LogP contribution in [0.5, 0.6) is 0 Å². The molecule has 1 aromatic heterocycles. The van der Waals surface area contributed by atoms with Crippen molar-refractivity contribution in [1.82, 2.24) is 4.98 Å². The molecule has 0 bridgehead atoms. The van der Waals surface area contributed by atoms with Gasteiger partial charge in [0.15, 0.2) is 0 Å². The second-order valence-corrected chi connectivity index (χ2v) is 5.41. The predicted octanol–water partition coefficient (Wildman–Crippen LogP) is 4.06. The molecule has 0 unspecified atom stereocenters. The lowest BCUT2D eigenvalue weighted by Crippen LogP contribution is -2.12. The highest BCUT2D eigenvalue weighted by Crippen LogP contribution is 2.27. The highest BCUT2D eigenvalue weighted by molar-refractivity contribution is 6.04. The Morgan fingerprint density at radius 3 is 2.19 bits per heavy atom. The molecule has 0 spiro atoms. The summed E-state index contributed by atoms with van der Waals surface area (Å²) in [5.74, 6) is -0.324. The summed E-state index contributed by atoms with van der Waals surface area (Å²) >= 11 is 0. The van der Waals surface area contributed by atoms with E-state index < -0.39 is 4.92 Å². The highest BCUT2D eigenvalue weighted by Gasteiger charge is 2.13. The Balaban J connectivity index is 1.77. The molecule has 0 aliphatic heterocycles. The molecule has 0 aliphatic rings. The highest BCUT2D eigenvalue weighted by atomic mass is 16.6. The van der Waals surface area contributed by atoms with E-state index in [1.165, 1.54) is 30.5 Å². The van der Waals surface area contributed by atoms with Crippen molar-refractivity contribution in [3.05, 3.63) is 93.6 Å². The number of aromatic nitrogens is 1. The van der Waals surface area contributed by atoms with E-state index in [-0.39, 0.29) is 11.6 Å². The average Bonchev–Trinajstić information content (AvgIpc) is 2.70. The van der Waals surface area contributed by atoms with Crippen molar-refractivity contribution in [2.45, 2.75) is 0 Å². The zero-order valence-electron chi connectivity index (χ0n) is 13.9. The maximum Gasteiger partial charge on any atom is 0.269 e. The van der Waals surface area contributed by atoms with Gasteiger partial charge in [0.05, 0.1) is 33.5 Å². The van der Waals surface area contributed by atoms with Crippen molar-refractivity contribution in [3.8, 4) is 0 Å². The van der Waals surface area contributed by atoms with E-state index in [1.807, 2.05) is 0 Å². The third-order valence-electron chi connectivity index (χ3n) is 3.68. The zero-order valence-corrected chi connectivity index (χ0v) is 13.9. The fourth-order valence-corrected chi connectivity index (χ4v) is 2.35. The molecule has 1 amide bonds. The molecule has 9 heteroatoms. The summed E-state index contributed by atoms with van der Waals surface area (Å²) in [6.45, 7) is 0. The van der Waals surface area contributed by atoms with Crippen LogP contribution in [0.15, 0.2) is 78.3 Å². The van der Waals surface area contributed by atoms with Crippen LogP contribution in [-0.4, -0.2) is 15.8 Å². The van der Waals surface area contributed by atoms with Crippen LogP contribution >= 0.6 is 0 Å². The summed E-state index contributed by atoms with van der Waals surface area (Å²) in [7, 11) is 0. The van der Waals surface area contributed by atoms with Gasteiger partial charge in [-0.15, -0.1) is 4.91 Å². The molecule has 27 heavy (non-hydrogen) atoms. The molecule has 2 aromatic carbocycles. The largest absolute Gasteiger partial charge is 0.321 e. The lowest BCUT2D eigenvalue weighted by Gasteiger charge is -2.15. The van der Waals surface area contributed by atoms with Gasteiger partial charge in [0, 0.05) is 23.9 Å². The van der Waals surface area contributed by atoms with E-state index in [4.69, 9.17) is 0 Å². The minimum absolute atomic E-state index is 0.0907. The van der Waals surface area contributed by atoms with Crippen LogP contribution in [0.25, 0.3) is 0 Å². The fourth-order valence-electron chi connectivity index (χ4n) is 2.35. The molecule has 0 saturated carbocycles. The summed E-state index contributed by atoms with van der Waals surface area (Å²) in [6.07, 6.45) is 3.13. The third kappa shape index (κ3) is 4.10. The molecule has 1 N–H and O–H groups in total. The monoisotopic (exact) mass is 363 g/mol. The van der Waals surface area contributed by atoms with Gasteiger partial charge in [-0.25, -0.2) is 0 Å². The summed E-state index contributed by atoms with van der Waals surface area (Å²) in [5.41, 5.74) is 1.64. The molecule has 0 fully saturated rings. The number of nitroso groups, excluding NO2 is 1. The Bertz CT molecular complexity index is 959. The number of hydrogen-bond acceptors (Lipinski definition) is 6. The topological polar surface area (TPSA) is 118 Å². The lowest BCUT2D eigenvalue weighted by molar-refractivity contribution is -0.384. The van der Waals surface area contributed by atoms with E-state index >= 15 is 0 Å². The summed E-state index contributed by atoms with van der Waals surface area (Å²) in [5, 5.41) is 17.5. The van der Waals surface area contributed by atoms with Crippen LogP contribution < -0.4 is 10.3 Å². The molecule has 3 rings (SSSR count). The maximum atomic E-state index is 12.2. The smallest absolute Gasteiger partial charge is 0.269 e. The fraction of sp³-hybridized carbons (Fsp3) is 0. The first-order valence-corrected chi connectivity index (χ1v) is 7.78. The van der Waals surface area contributed by atoms with Crippen molar-refractivity contribution in [2.24, 2.45) is 5.29 Å². The van der Waals surface area contributed by atoms with Gasteiger partial charge in [0.1, 0.15) is 0 Å². The number of rotatable bonds is 6. The average molecular weight is 363 g/mol.